The van der Waals surface area contributed by atoms with E-state index in [2.05, 4.69) is 9.62 Å². The molecule has 0 bridgehead atoms. The zero-order valence-electron chi connectivity index (χ0n) is 15.6. The Hall–Kier alpha value is -1.68. The quantitative estimate of drug-likeness (QED) is 0.722. The molecule has 1 aromatic carbocycles. The zero-order valence-corrected chi connectivity index (χ0v) is 16.4. The van der Waals surface area contributed by atoms with Gasteiger partial charge in [-0.3, -0.25) is 9.69 Å². The number of hydrogen-bond donors (Lipinski definition) is 2. The number of aliphatic hydroxyl groups is 1. The summed E-state index contributed by atoms with van der Waals surface area (Å²) in [7, 11) is -1.05. The highest BCUT2D eigenvalue weighted by molar-refractivity contribution is 7.89. The first-order valence-corrected chi connectivity index (χ1v) is 10.0. The maximum atomic E-state index is 12.9. The van der Waals surface area contributed by atoms with Gasteiger partial charge in [0.15, 0.2) is 0 Å². The number of piperazine rings is 1. The van der Waals surface area contributed by atoms with Gasteiger partial charge in [0.2, 0.25) is 10.0 Å². The first-order chi connectivity index (χ1) is 12.2. The van der Waals surface area contributed by atoms with E-state index < -0.39 is 16.1 Å². The Bertz CT molecular complexity index is 751. The third kappa shape index (κ3) is 4.53. The number of nitrogens with zero attached hydrogens (tertiary/aromatic N) is 2. The Labute approximate surface area is 154 Å². The van der Waals surface area contributed by atoms with E-state index in [1.165, 1.54) is 26.3 Å². The lowest BCUT2D eigenvalue weighted by molar-refractivity contribution is 0.0383. The summed E-state index contributed by atoms with van der Waals surface area (Å²) in [5.74, 6) is -0.0323. The second-order valence-corrected chi connectivity index (χ2v) is 8.38. The van der Waals surface area contributed by atoms with E-state index in [1.807, 2.05) is 6.92 Å². The molecule has 26 heavy (non-hydrogen) atoms. The highest BCUT2D eigenvalue weighted by Crippen LogP contribution is 2.26. The number of sulfonamides is 1. The number of amides is 1. The number of aliphatic hydroxyl groups excluding tert-OH is 1. The molecule has 1 aliphatic rings. The Kier molecular flexibility index (Phi) is 6.62. The van der Waals surface area contributed by atoms with Crippen molar-refractivity contribution in [1.82, 2.24) is 14.5 Å². The molecular formula is C17H27N3O5S. The fourth-order valence-corrected chi connectivity index (χ4v) is 4.09. The van der Waals surface area contributed by atoms with Crippen molar-refractivity contribution in [2.24, 2.45) is 0 Å². The molecular weight excluding hydrogens is 358 g/mol. The molecule has 0 aromatic heterocycles. The lowest BCUT2D eigenvalue weighted by Gasteiger charge is -2.40. The molecule has 2 N–H and O–H groups in total. The van der Waals surface area contributed by atoms with Crippen molar-refractivity contribution in [2.45, 2.75) is 30.9 Å². The van der Waals surface area contributed by atoms with Gasteiger partial charge >= 0.3 is 0 Å². The Morgan fingerprint density at radius 1 is 1.42 bits per heavy atom. The van der Waals surface area contributed by atoms with Crippen LogP contribution >= 0.6 is 0 Å². The van der Waals surface area contributed by atoms with Crippen LogP contribution in [0.4, 0.5) is 0 Å². The molecule has 1 aliphatic heterocycles. The standard InChI is InChI=1S/C17H27N3O5S/c1-12-10-19(11-13(2)21)7-8-20(12)17(22)14-5-6-15(25-4)16(9-14)26(23,24)18-3/h5-6,9,12-13,18,21H,7-8,10-11H2,1-4H3. The van der Waals surface area contributed by atoms with Crippen molar-refractivity contribution in [3.63, 3.8) is 0 Å². The average Bonchev–Trinajstić information content (AvgIpc) is 2.60. The smallest absolute Gasteiger partial charge is 0.254 e. The van der Waals surface area contributed by atoms with Crippen LogP contribution in [-0.2, 0) is 10.0 Å². The minimum atomic E-state index is -3.75. The number of ether oxygens (including phenoxy) is 1. The van der Waals surface area contributed by atoms with Gasteiger partial charge in [0.1, 0.15) is 10.6 Å². The van der Waals surface area contributed by atoms with Crippen molar-refractivity contribution < 1.29 is 23.1 Å². The average molecular weight is 385 g/mol. The van der Waals surface area contributed by atoms with Crippen LogP contribution in [0, 0.1) is 0 Å². The zero-order chi connectivity index (χ0) is 19.5. The summed E-state index contributed by atoms with van der Waals surface area (Å²) < 4.78 is 31.7. The highest BCUT2D eigenvalue weighted by Gasteiger charge is 2.29. The van der Waals surface area contributed by atoms with Crippen LogP contribution in [0.3, 0.4) is 0 Å². The van der Waals surface area contributed by atoms with Crippen LogP contribution in [0.2, 0.25) is 0 Å². The second-order valence-electron chi connectivity index (χ2n) is 6.53. The fourth-order valence-electron chi connectivity index (χ4n) is 3.17. The SMILES string of the molecule is CNS(=O)(=O)c1cc(C(=O)N2CCN(CC(C)O)CC2C)ccc1OC. The van der Waals surface area contributed by atoms with E-state index in [9.17, 15) is 18.3 Å². The molecule has 0 radical (unpaired) electrons. The number of carbonyl (C=O) groups is 1. The normalized spacial score (nSPS) is 20.0. The number of nitrogens with one attached hydrogen (secondary N) is 1. The van der Waals surface area contributed by atoms with Gasteiger partial charge in [-0.1, -0.05) is 0 Å². The molecule has 2 unspecified atom stereocenters. The first kappa shape index (κ1) is 20.6. The minimum absolute atomic E-state index is 0.0403. The molecule has 2 atom stereocenters. The van der Waals surface area contributed by atoms with E-state index in [-0.39, 0.29) is 22.6 Å². The van der Waals surface area contributed by atoms with Gasteiger partial charge < -0.3 is 14.7 Å². The number of carbonyl (C=O) groups excluding carboxylic acids is 1. The second kappa shape index (κ2) is 8.34. The molecule has 1 aromatic rings. The predicted octanol–water partition coefficient (Wildman–Crippen LogP) is 0.130. The molecule has 1 fully saturated rings. The van der Waals surface area contributed by atoms with Crippen molar-refractivity contribution in [1.29, 1.82) is 0 Å². The molecule has 1 saturated heterocycles. The van der Waals surface area contributed by atoms with Crippen molar-refractivity contribution in [3.05, 3.63) is 23.8 Å². The van der Waals surface area contributed by atoms with E-state index >= 15 is 0 Å². The minimum Gasteiger partial charge on any atom is -0.495 e. The third-order valence-corrected chi connectivity index (χ3v) is 5.90. The molecule has 0 aliphatic carbocycles. The van der Waals surface area contributed by atoms with Gasteiger partial charge in [-0.05, 0) is 39.1 Å². The summed E-state index contributed by atoms with van der Waals surface area (Å²) in [6, 6.07) is 4.37. The van der Waals surface area contributed by atoms with Gasteiger partial charge in [-0.2, -0.15) is 0 Å². The predicted molar refractivity (Wildman–Crippen MR) is 97.9 cm³/mol. The number of benzene rings is 1. The van der Waals surface area contributed by atoms with Crippen molar-refractivity contribution in [2.75, 3.05) is 40.3 Å². The van der Waals surface area contributed by atoms with Gasteiger partial charge in [0.25, 0.3) is 5.91 Å². The van der Waals surface area contributed by atoms with Crippen LogP contribution in [-0.4, -0.2) is 81.7 Å². The lowest BCUT2D eigenvalue weighted by atomic mass is 10.1. The maximum Gasteiger partial charge on any atom is 0.254 e. The summed E-state index contributed by atoms with van der Waals surface area (Å²) in [5, 5.41) is 9.53. The molecule has 2 rings (SSSR count). The summed E-state index contributed by atoms with van der Waals surface area (Å²) in [6.45, 7) is 6.10. The maximum absolute atomic E-state index is 12.9. The Morgan fingerprint density at radius 3 is 2.65 bits per heavy atom. The van der Waals surface area contributed by atoms with E-state index in [0.717, 1.165) is 0 Å². The first-order valence-electron chi connectivity index (χ1n) is 8.52. The van der Waals surface area contributed by atoms with Crippen molar-refractivity contribution in [3.8, 4) is 5.75 Å². The molecule has 1 heterocycles. The summed E-state index contributed by atoms with van der Waals surface area (Å²) in [5.41, 5.74) is 0.301. The number of rotatable bonds is 6. The van der Waals surface area contributed by atoms with Gasteiger partial charge in [0, 0.05) is 37.8 Å². The van der Waals surface area contributed by atoms with E-state index in [1.54, 1.807) is 17.9 Å². The summed E-state index contributed by atoms with van der Waals surface area (Å²) in [4.78, 5) is 16.7. The number of methoxy groups -OCH3 is 1. The van der Waals surface area contributed by atoms with Gasteiger partial charge in [-0.15, -0.1) is 0 Å². The van der Waals surface area contributed by atoms with E-state index in [0.29, 0.717) is 31.7 Å². The molecule has 8 nitrogen and oxygen atoms in total. The highest BCUT2D eigenvalue weighted by atomic mass is 32.2. The van der Waals surface area contributed by atoms with Crippen LogP contribution < -0.4 is 9.46 Å². The van der Waals surface area contributed by atoms with Crippen LogP contribution in [0.25, 0.3) is 0 Å². The van der Waals surface area contributed by atoms with Gasteiger partial charge in [0.05, 0.1) is 13.2 Å². The Balaban J connectivity index is 2.24. The molecule has 146 valence electrons. The molecule has 0 spiro atoms. The molecule has 1 amide bonds. The topological polar surface area (TPSA) is 99.2 Å². The van der Waals surface area contributed by atoms with Gasteiger partial charge in [-0.25, -0.2) is 13.1 Å². The molecule has 9 heteroatoms. The number of β-amino-alcohol motifs (C(OH)–C–C–N with tert-alkyl or cyclic N) is 1. The monoisotopic (exact) mass is 385 g/mol. The van der Waals surface area contributed by atoms with E-state index in [4.69, 9.17) is 4.74 Å². The summed E-state index contributed by atoms with van der Waals surface area (Å²) in [6.07, 6.45) is -0.416. The Morgan fingerprint density at radius 2 is 2.12 bits per heavy atom. The van der Waals surface area contributed by atoms with Crippen LogP contribution in [0.1, 0.15) is 24.2 Å². The van der Waals surface area contributed by atoms with Crippen molar-refractivity contribution >= 4 is 15.9 Å². The largest absolute Gasteiger partial charge is 0.495 e. The lowest BCUT2D eigenvalue weighted by Crippen LogP contribution is -2.55. The number of hydrogen-bond acceptors (Lipinski definition) is 6. The molecule has 0 saturated carbocycles. The fraction of sp³-hybridized carbons (Fsp3) is 0.588. The summed E-state index contributed by atoms with van der Waals surface area (Å²) >= 11 is 0. The van der Waals surface area contributed by atoms with Crippen LogP contribution in [0.5, 0.6) is 5.75 Å². The van der Waals surface area contributed by atoms with Crippen LogP contribution in [0.15, 0.2) is 23.1 Å². The third-order valence-electron chi connectivity index (χ3n) is 4.46.